The third kappa shape index (κ3) is 5.52. The van der Waals surface area contributed by atoms with Crippen LogP contribution in [0.2, 0.25) is 0 Å². The summed E-state index contributed by atoms with van der Waals surface area (Å²) in [6, 6.07) is 6.05. The fourth-order valence-corrected chi connectivity index (χ4v) is 2.71. The van der Waals surface area contributed by atoms with E-state index < -0.39 is 0 Å². The Kier molecular flexibility index (Phi) is 6.34. The molecule has 1 aliphatic rings. The SMILES string of the molecule is CCN1CCCC1CNC(N)=NCC(=O)Nc1ccc(F)cc1. The Morgan fingerprint density at radius 1 is 1.43 bits per heavy atom. The van der Waals surface area contributed by atoms with Crippen LogP contribution in [0.25, 0.3) is 0 Å². The molecule has 0 radical (unpaired) electrons. The number of anilines is 1. The molecule has 7 heteroatoms. The molecular weight excluding hydrogens is 297 g/mol. The Bertz CT molecular complexity index is 546. The van der Waals surface area contributed by atoms with Gasteiger partial charge in [-0.3, -0.25) is 9.69 Å². The number of aliphatic imine (C=N–C) groups is 1. The standard InChI is InChI=1S/C16H24FN5O/c1-2-22-9-3-4-14(22)10-19-16(18)20-11-15(23)21-13-7-5-12(17)6-8-13/h5-8,14H,2-4,9-11H2,1H3,(H,21,23)(H3,18,19,20). The zero-order chi connectivity index (χ0) is 16.7. The molecule has 1 aromatic rings. The lowest BCUT2D eigenvalue weighted by molar-refractivity contribution is -0.114. The predicted molar refractivity (Wildman–Crippen MR) is 89.8 cm³/mol. The number of amides is 1. The van der Waals surface area contributed by atoms with E-state index in [0.717, 1.165) is 26.1 Å². The van der Waals surface area contributed by atoms with E-state index in [4.69, 9.17) is 5.73 Å². The van der Waals surface area contributed by atoms with E-state index in [0.29, 0.717) is 11.7 Å². The molecule has 0 saturated carbocycles. The molecule has 1 unspecified atom stereocenters. The fraction of sp³-hybridized carbons (Fsp3) is 0.500. The highest BCUT2D eigenvalue weighted by atomic mass is 19.1. The smallest absolute Gasteiger partial charge is 0.246 e. The van der Waals surface area contributed by atoms with Gasteiger partial charge in [-0.05, 0) is 50.2 Å². The van der Waals surface area contributed by atoms with Crippen molar-refractivity contribution in [2.24, 2.45) is 10.7 Å². The average molecular weight is 321 g/mol. The minimum atomic E-state index is -0.345. The zero-order valence-electron chi connectivity index (χ0n) is 13.4. The molecule has 1 atom stereocenters. The van der Waals surface area contributed by atoms with E-state index >= 15 is 0 Å². The van der Waals surface area contributed by atoms with Crippen LogP contribution in [0.1, 0.15) is 19.8 Å². The molecule has 1 saturated heterocycles. The van der Waals surface area contributed by atoms with E-state index in [9.17, 15) is 9.18 Å². The summed E-state index contributed by atoms with van der Waals surface area (Å²) in [7, 11) is 0. The van der Waals surface area contributed by atoms with Crippen LogP contribution in [0.3, 0.4) is 0 Å². The van der Waals surface area contributed by atoms with Crippen LogP contribution in [0.5, 0.6) is 0 Å². The number of guanidine groups is 1. The molecule has 1 heterocycles. The first-order valence-corrected chi connectivity index (χ1v) is 7.91. The summed E-state index contributed by atoms with van der Waals surface area (Å²) in [6.07, 6.45) is 2.36. The molecule has 0 bridgehead atoms. The summed E-state index contributed by atoms with van der Waals surface area (Å²) >= 11 is 0. The van der Waals surface area contributed by atoms with Crippen LogP contribution >= 0.6 is 0 Å². The maximum Gasteiger partial charge on any atom is 0.246 e. The molecule has 0 aliphatic carbocycles. The van der Waals surface area contributed by atoms with Gasteiger partial charge in [0.25, 0.3) is 0 Å². The molecular formula is C16H24FN5O. The molecule has 0 aromatic heterocycles. The number of hydrogen-bond acceptors (Lipinski definition) is 3. The van der Waals surface area contributed by atoms with Crippen molar-refractivity contribution in [3.05, 3.63) is 30.1 Å². The highest BCUT2D eigenvalue weighted by Crippen LogP contribution is 2.15. The lowest BCUT2D eigenvalue weighted by Crippen LogP contribution is -2.43. The minimum absolute atomic E-state index is 0.0711. The van der Waals surface area contributed by atoms with Crippen LogP contribution in [0, 0.1) is 5.82 Å². The lowest BCUT2D eigenvalue weighted by atomic mass is 10.2. The quantitative estimate of drug-likeness (QED) is 0.542. The van der Waals surface area contributed by atoms with E-state index in [1.165, 1.54) is 30.7 Å². The highest BCUT2D eigenvalue weighted by Gasteiger charge is 2.22. The first-order valence-electron chi connectivity index (χ1n) is 7.91. The number of benzene rings is 1. The second-order valence-electron chi connectivity index (χ2n) is 5.56. The first kappa shape index (κ1) is 17.2. The third-order valence-corrected chi connectivity index (χ3v) is 3.95. The first-order chi connectivity index (χ1) is 11.1. The largest absolute Gasteiger partial charge is 0.370 e. The number of nitrogens with one attached hydrogen (secondary N) is 2. The summed E-state index contributed by atoms with van der Waals surface area (Å²) in [6.45, 7) is 4.97. The topological polar surface area (TPSA) is 82.8 Å². The number of hydrogen-bond donors (Lipinski definition) is 3. The monoisotopic (exact) mass is 321 g/mol. The van der Waals surface area contributed by atoms with Crippen molar-refractivity contribution < 1.29 is 9.18 Å². The lowest BCUT2D eigenvalue weighted by Gasteiger charge is -2.23. The molecule has 2 rings (SSSR count). The van der Waals surface area contributed by atoms with Gasteiger partial charge in [0.05, 0.1) is 0 Å². The van der Waals surface area contributed by atoms with Crippen LogP contribution < -0.4 is 16.4 Å². The van der Waals surface area contributed by atoms with Crippen molar-refractivity contribution in [1.82, 2.24) is 10.2 Å². The van der Waals surface area contributed by atoms with Crippen molar-refractivity contribution in [1.29, 1.82) is 0 Å². The van der Waals surface area contributed by atoms with Gasteiger partial charge < -0.3 is 16.4 Å². The Balaban J connectivity index is 1.73. The number of likely N-dealkylation sites (tertiary alicyclic amines) is 1. The van der Waals surface area contributed by atoms with Gasteiger partial charge in [0, 0.05) is 18.3 Å². The summed E-state index contributed by atoms with van der Waals surface area (Å²) in [5.41, 5.74) is 6.32. The number of rotatable bonds is 6. The molecule has 1 amide bonds. The highest BCUT2D eigenvalue weighted by molar-refractivity contribution is 5.93. The maximum absolute atomic E-state index is 12.8. The summed E-state index contributed by atoms with van der Waals surface area (Å²) in [4.78, 5) is 18.2. The van der Waals surface area contributed by atoms with Crippen molar-refractivity contribution in [3.63, 3.8) is 0 Å². The van der Waals surface area contributed by atoms with Gasteiger partial charge in [-0.2, -0.15) is 0 Å². The third-order valence-electron chi connectivity index (χ3n) is 3.95. The van der Waals surface area contributed by atoms with Crippen LogP contribution in [0.4, 0.5) is 10.1 Å². The van der Waals surface area contributed by atoms with E-state index in [2.05, 4.69) is 27.4 Å². The molecule has 23 heavy (non-hydrogen) atoms. The molecule has 126 valence electrons. The van der Waals surface area contributed by atoms with Gasteiger partial charge in [0.2, 0.25) is 5.91 Å². The van der Waals surface area contributed by atoms with Gasteiger partial charge in [0.1, 0.15) is 12.4 Å². The molecule has 1 aliphatic heterocycles. The number of nitrogens with zero attached hydrogens (tertiary/aromatic N) is 2. The Morgan fingerprint density at radius 2 is 2.17 bits per heavy atom. The number of carbonyl (C=O) groups excluding carboxylic acids is 1. The average Bonchev–Trinajstić information content (AvgIpc) is 3.00. The van der Waals surface area contributed by atoms with Crippen LogP contribution in [0.15, 0.2) is 29.3 Å². The maximum atomic E-state index is 12.8. The number of halogens is 1. The van der Waals surface area contributed by atoms with Crippen molar-refractivity contribution >= 4 is 17.6 Å². The fourth-order valence-electron chi connectivity index (χ4n) is 2.71. The normalized spacial score (nSPS) is 18.9. The van der Waals surface area contributed by atoms with Gasteiger partial charge in [-0.25, -0.2) is 9.38 Å². The second kappa shape index (κ2) is 8.47. The number of carbonyl (C=O) groups is 1. The number of likely N-dealkylation sites (N-methyl/N-ethyl adjacent to an activating group) is 1. The Labute approximate surface area is 135 Å². The minimum Gasteiger partial charge on any atom is -0.370 e. The molecule has 1 aromatic carbocycles. The van der Waals surface area contributed by atoms with Crippen molar-refractivity contribution in [2.75, 3.05) is 31.5 Å². The van der Waals surface area contributed by atoms with E-state index in [1.807, 2.05) is 0 Å². The number of nitrogens with two attached hydrogens (primary N) is 1. The van der Waals surface area contributed by atoms with Gasteiger partial charge in [0.15, 0.2) is 5.96 Å². The van der Waals surface area contributed by atoms with Crippen LogP contribution in [-0.2, 0) is 4.79 Å². The summed E-state index contributed by atoms with van der Waals surface area (Å²) in [5, 5.41) is 5.71. The predicted octanol–water partition coefficient (Wildman–Crippen LogP) is 1.15. The molecule has 6 nitrogen and oxygen atoms in total. The Morgan fingerprint density at radius 3 is 2.87 bits per heavy atom. The van der Waals surface area contributed by atoms with Crippen molar-refractivity contribution in [2.45, 2.75) is 25.8 Å². The summed E-state index contributed by atoms with van der Waals surface area (Å²) in [5.74, 6) is -0.373. The van der Waals surface area contributed by atoms with E-state index in [1.54, 1.807) is 0 Å². The van der Waals surface area contributed by atoms with Gasteiger partial charge >= 0.3 is 0 Å². The Hall–Kier alpha value is -2.15. The van der Waals surface area contributed by atoms with Gasteiger partial charge in [-0.1, -0.05) is 6.92 Å². The zero-order valence-corrected chi connectivity index (χ0v) is 13.4. The van der Waals surface area contributed by atoms with Crippen LogP contribution in [-0.4, -0.2) is 49.0 Å². The van der Waals surface area contributed by atoms with Gasteiger partial charge in [-0.15, -0.1) is 0 Å². The summed E-state index contributed by atoms with van der Waals surface area (Å²) < 4.78 is 12.8. The molecule has 0 spiro atoms. The molecule has 4 N–H and O–H groups in total. The second-order valence-corrected chi connectivity index (χ2v) is 5.56. The van der Waals surface area contributed by atoms with E-state index in [-0.39, 0.29) is 24.2 Å². The molecule has 1 fully saturated rings. The van der Waals surface area contributed by atoms with Crippen molar-refractivity contribution in [3.8, 4) is 0 Å².